The zero-order valence-corrected chi connectivity index (χ0v) is 14.9. The molecule has 136 valence electrons. The van der Waals surface area contributed by atoms with Gasteiger partial charge >= 0.3 is 0 Å². The molecule has 6 nitrogen and oxygen atoms in total. The van der Waals surface area contributed by atoms with Crippen LogP contribution in [0.15, 0.2) is 35.5 Å². The highest BCUT2D eigenvalue weighted by Crippen LogP contribution is 2.49. The summed E-state index contributed by atoms with van der Waals surface area (Å²) in [7, 11) is 1.57. The fourth-order valence-electron chi connectivity index (χ4n) is 4.34. The minimum absolute atomic E-state index is 0.173. The van der Waals surface area contributed by atoms with E-state index in [0.717, 1.165) is 23.4 Å². The first-order valence-electron chi connectivity index (χ1n) is 9.05. The Labute approximate surface area is 152 Å². The molecule has 4 aliphatic rings. The predicted octanol–water partition coefficient (Wildman–Crippen LogP) is 2.63. The first kappa shape index (κ1) is 16.8. The fourth-order valence-corrected chi connectivity index (χ4v) is 4.34. The van der Waals surface area contributed by atoms with Crippen LogP contribution in [-0.2, 0) is 9.59 Å². The highest BCUT2D eigenvalue weighted by molar-refractivity contribution is 6.06. The van der Waals surface area contributed by atoms with Gasteiger partial charge in [0, 0.05) is 0 Å². The van der Waals surface area contributed by atoms with Crippen molar-refractivity contribution in [1.29, 1.82) is 0 Å². The van der Waals surface area contributed by atoms with Crippen molar-refractivity contribution < 1.29 is 19.1 Å². The van der Waals surface area contributed by atoms with Crippen molar-refractivity contribution in [3.05, 3.63) is 35.9 Å². The summed E-state index contributed by atoms with van der Waals surface area (Å²) in [6.07, 6.45) is 7.70. The third-order valence-electron chi connectivity index (χ3n) is 5.55. The van der Waals surface area contributed by atoms with Crippen LogP contribution in [-0.4, -0.2) is 36.8 Å². The van der Waals surface area contributed by atoms with Crippen molar-refractivity contribution in [3.63, 3.8) is 0 Å². The molecule has 1 heterocycles. The Morgan fingerprint density at radius 2 is 1.77 bits per heavy atom. The smallest absolute Gasteiger partial charge is 0.254 e. The Hall–Kier alpha value is -2.63. The summed E-state index contributed by atoms with van der Waals surface area (Å²) in [6.45, 7) is 2.44. The van der Waals surface area contributed by atoms with E-state index in [-0.39, 0.29) is 35.5 Å². The maximum absolute atomic E-state index is 12.7. The van der Waals surface area contributed by atoms with Crippen molar-refractivity contribution >= 4 is 18.0 Å². The van der Waals surface area contributed by atoms with Crippen LogP contribution in [0.2, 0.25) is 0 Å². The number of amides is 2. The Morgan fingerprint density at radius 1 is 1.12 bits per heavy atom. The molecule has 6 heteroatoms. The summed E-state index contributed by atoms with van der Waals surface area (Å²) >= 11 is 0. The third-order valence-corrected chi connectivity index (χ3v) is 5.55. The minimum Gasteiger partial charge on any atom is -0.493 e. The molecule has 5 rings (SSSR count). The van der Waals surface area contributed by atoms with Gasteiger partial charge in [-0.05, 0) is 55.4 Å². The van der Waals surface area contributed by atoms with Gasteiger partial charge in [-0.2, -0.15) is 10.1 Å². The molecular weight excluding hydrogens is 332 g/mol. The molecule has 1 aromatic carbocycles. The van der Waals surface area contributed by atoms with E-state index in [1.165, 1.54) is 6.21 Å². The number of hydrogen-bond acceptors (Lipinski definition) is 5. The van der Waals surface area contributed by atoms with Crippen LogP contribution in [0.1, 0.15) is 25.3 Å². The van der Waals surface area contributed by atoms with Gasteiger partial charge in [0.05, 0.1) is 31.8 Å². The number of fused-ring (bicyclic) bond motifs is 1. The summed E-state index contributed by atoms with van der Waals surface area (Å²) < 4.78 is 10.8. The Morgan fingerprint density at radius 3 is 2.31 bits per heavy atom. The molecule has 1 saturated heterocycles. The summed E-state index contributed by atoms with van der Waals surface area (Å²) in [5.74, 6) is 0.761. The maximum Gasteiger partial charge on any atom is 0.254 e. The van der Waals surface area contributed by atoms with Crippen LogP contribution in [0, 0.1) is 23.7 Å². The molecule has 2 fully saturated rings. The molecule has 0 unspecified atom stereocenters. The normalized spacial score (nSPS) is 29.5. The molecular formula is C20H22N2O4. The highest BCUT2D eigenvalue weighted by atomic mass is 16.5. The Balaban J connectivity index is 1.56. The molecule has 1 aliphatic heterocycles. The van der Waals surface area contributed by atoms with E-state index < -0.39 is 0 Å². The maximum atomic E-state index is 12.7. The monoisotopic (exact) mass is 354 g/mol. The van der Waals surface area contributed by atoms with Gasteiger partial charge in [-0.3, -0.25) is 9.59 Å². The van der Waals surface area contributed by atoms with Crippen molar-refractivity contribution in [3.8, 4) is 11.5 Å². The molecule has 0 spiro atoms. The van der Waals surface area contributed by atoms with Gasteiger partial charge in [0.2, 0.25) is 0 Å². The standard InChI is InChI=1S/C20H22N2O4/c1-3-26-15-9-4-12(10-16(15)25-2)11-21-22-19(23)17-13-5-6-14(8-7-13)18(17)20(22)24/h4-6,9-11,13-14,17-18H,3,7-8H2,1-2H3/b21-11-/t13-,14-,17-,18+/m0/s1. The zero-order valence-electron chi connectivity index (χ0n) is 14.9. The number of benzene rings is 1. The SMILES string of the molecule is CCOc1ccc(/C=N\N2C(=O)[C@@H]3[C@H](C2=O)[C@H]2C=C[C@H]3CC2)cc1OC. The van der Waals surface area contributed by atoms with E-state index in [1.54, 1.807) is 19.2 Å². The second-order valence-corrected chi connectivity index (χ2v) is 6.92. The number of carbonyl (C=O) groups is 2. The molecule has 2 bridgehead atoms. The molecule has 0 radical (unpaired) electrons. The van der Waals surface area contributed by atoms with E-state index in [1.807, 2.05) is 13.0 Å². The van der Waals surface area contributed by atoms with Crippen molar-refractivity contribution in [1.82, 2.24) is 5.01 Å². The lowest BCUT2D eigenvalue weighted by Gasteiger charge is -2.37. The number of carbonyl (C=O) groups excluding carboxylic acids is 2. The number of ether oxygens (including phenoxy) is 2. The second-order valence-electron chi connectivity index (χ2n) is 6.92. The van der Waals surface area contributed by atoms with Crippen molar-refractivity contribution in [2.75, 3.05) is 13.7 Å². The van der Waals surface area contributed by atoms with Crippen LogP contribution >= 0.6 is 0 Å². The predicted molar refractivity (Wildman–Crippen MR) is 95.9 cm³/mol. The first-order chi connectivity index (χ1) is 12.6. The van der Waals surface area contributed by atoms with Gasteiger partial charge < -0.3 is 9.47 Å². The van der Waals surface area contributed by atoms with Crippen LogP contribution in [0.4, 0.5) is 0 Å². The molecule has 26 heavy (non-hydrogen) atoms. The Bertz CT molecular complexity index is 769. The topological polar surface area (TPSA) is 68.2 Å². The molecule has 2 amide bonds. The summed E-state index contributed by atoms with van der Waals surface area (Å²) in [5.41, 5.74) is 0.738. The molecule has 0 aromatic heterocycles. The van der Waals surface area contributed by atoms with E-state index in [9.17, 15) is 9.59 Å². The number of rotatable bonds is 5. The molecule has 4 atom stereocenters. The lowest BCUT2D eigenvalue weighted by atomic mass is 9.63. The number of nitrogens with zero attached hydrogens (tertiary/aromatic N) is 2. The quantitative estimate of drug-likeness (QED) is 0.463. The molecule has 1 saturated carbocycles. The highest BCUT2D eigenvalue weighted by Gasteiger charge is 2.56. The van der Waals surface area contributed by atoms with E-state index >= 15 is 0 Å². The summed E-state index contributed by atoms with van der Waals surface area (Å²) in [6, 6.07) is 5.39. The van der Waals surface area contributed by atoms with Crippen LogP contribution < -0.4 is 9.47 Å². The Kier molecular flexibility index (Phi) is 4.26. The third kappa shape index (κ3) is 2.60. The van der Waals surface area contributed by atoms with Gasteiger partial charge in [-0.1, -0.05) is 12.2 Å². The number of methoxy groups -OCH3 is 1. The van der Waals surface area contributed by atoms with E-state index in [4.69, 9.17) is 9.47 Å². The lowest BCUT2D eigenvalue weighted by molar-refractivity contribution is -0.140. The summed E-state index contributed by atoms with van der Waals surface area (Å²) in [5, 5.41) is 5.28. The average molecular weight is 354 g/mol. The van der Waals surface area contributed by atoms with Gasteiger partial charge in [0.15, 0.2) is 11.5 Å². The van der Waals surface area contributed by atoms with Crippen molar-refractivity contribution in [2.24, 2.45) is 28.8 Å². The molecule has 0 N–H and O–H groups in total. The van der Waals surface area contributed by atoms with Gasteiger partial charge in [-0.15, -0.1) is 0 Å². The fraction of sp³-hybridized carbons (Fsp3) is 0.450. The van der Waals surface area contributed by atoms with E-state index in [2.05, 4.69) is 17.3 Å². The zero-order chi connectivity index (χ0) is 18.3. The average Bonchev–Trinajstić information content (AvgIpc) is 2.95. The summed E-state index contributed by atoms with van der Waals surface area (Å²) in [4.78, 5) is 25.5. The van der Waals surface area contributed by atoms with Crippen LogP contribution in [0.5, 0.6) is 11.5 Å². The number of allylic oxidation sites excluding steroid dienone is 2. The molecule has 1 aromatic rings. The number of hydrogen-bond donors (Lipinski definition) is 0. The molecule has 3 aliphatic carbocycles. The minimum atomic E-state index is -0.238. The van der Waals surface area contributed by atoms with Gasteiger partial charge in [-0.25, -0.2) is 0 Å². The van der Waals surface area contributed by atoms with Crippen LogP contribution in [0.3, 0.4) is 0 Å². The largest absolute Gasteiger partial charge is 0.493 e. The second kappa shape index (κ2) is 6.59. The lowest BCUT2D eigenvalue weighted by Crippen LogP contribution is -2.38. The van der Waals surface area contributed by atoms with Crippen LogP contribution in [0.25, 0.3) is 0 Å². The van der Waals surface area contributed by atoms with Gasteiger partial charge in [0.25, 0.3) is 11.8 Å². The first-order valence-corrected chi connectivity index (χ1v) is 9.05. The number of imide groups is 1. The van der Waals surface area contributed by atoms with Crippen molar-refractivity contribution in [2.45, 2.75) is 19.8 Å². The van der Waals surface area contributed by atoms with E-state index in [0.29, 0.717) is 18.1 Å². The van der Waals surface area contributed by atoms with Gasteiger partial charge in [0.1, 0.15) is 0 Å². The number of hydrazone groups is 1.